The molecule has 0 aromatic carbocycles. The summed E-state index contributed by atoms with van der Waals surface area (Å²) in [5.41, 5.74) is 1.86. The van der Waals surface area contributed by atoms with Gasteiger partial charge in [-0.15, -0.1) is 0 Å². The minimum Gasteiger partial charge on any atom is -0.451 e. The van der Waals surface area contributed by atoms with Crippen molar-refractivity contribution in [3.63, 3.8) is 0 Å². The predicted octanol–water partition coefficient (Wildman–Crippen LogP) is 1.70. The molecule has 1 amide bonds. The van der Waals surface area contributed by atoms with E-state index in [-0.39, 0.29) is 5.91 Å². The SMILES string of the molecule is CCN(CCc1ccncc1)C(=O)Cc1cocn1. The molecule has 0 aliphatic heterocycles. The fourth-order valence-corrected chi connectivity index (χ4v) is 1.86. The van der Waals surface area contributed by atoms with E-state index in [4.69, 9.17) is 4.42 Å². The van der Waals surface area contributed by atoms with E-state index in [9.17, 15) is 4.79 Å². The van der Waals surface area contributed by atoms with Gasteiger partial charge in [-0.2, -0.15) is 0 Å². The van der Waals surface area contributed by atoms with Gasteiger partial charge < -0.3 is 9.32 Å². The van der Waals surface area contributed by atoms with Crippen LogP contribution in [0, 0.1) is 0 Å². The Morgan fingerprint density at radius 1 is 1.37 bits per heavy atom. The molecule has 2 aromatic heterocycles. The number of carbonyl (C=O) groups is 1. The summed E-state index contributed by atoms with van der Waals surface area (Å²) in [7, 11) is 0. The zero-order chi connectivity index (χ0) is 13.5. The molecule has 5 heteroatoms. The molecule has 2 rings (SSSR count). The topological polar surface area (TPSA) is 59.2 Å². The first-order chi connectivity index (χ1) is 9.29. The van der Waals surface area contributed by atoms with Crippen LogP contribution in [0.2, 0.25) is 0 Å². The Morgan fingerprint density at radius 3 is 2.79 bits per heavy atom. The Morgan fingerprint density at radius 2 is 2.16 bits per heavy atom. The molecule has 2 heterocycles. The van der Waals surface area contributed by atoms with Gasteiger partial charge in [-0.3, -0.25) is 9.78 Å². The average Bonchev–Trinajstić information content (AvgIpc) is 2.93. The lowest BCUT2D eigenvalue weighted by Gasteiger charge is -2.20. The summed E-state index contributed by atoms with van der Waals surface area (Å²) in [6.45, 7) is 3.38. The van der Waals surface area contributed by atoms with Crippen molar-refractivity contribution in [2.24, 2.45) is 0 Å². The van der Waals surface area contributed by atoms with E-state index in [0.717, 1.165) is 6.42 Å². The van der Waals surface area contributed by atoms with E-state index in [1.165, 1.54) is 18.2 Å². The number of likely N-dealkylation sites (N-methyl/N-ethyl adjacent to an activating group) is 1. The van der Waals surface area contributed by atoms with E-state index in [0.29, 0.717) is 25.2 Å². The first kappa shape index (κ1) is 13.3. The van der Waals surface area contributed by atoms with Gasteiger partial charge in [0.2, 0.25) is 5.91 Å². The summed E-state index contributed by atoms with van der Waals surface area (Å²) in [4.78, 5) is 21.9. The molecule has 19 heavy (non-hydrogen) atoms. The minimum atomic E-state index is 0.0745. The van der Waals surface area contributed by atoms with Gasteiger partial charge in [-0.25, -0.2) is 4.98 Å². The predicted molar refractivity (Wildman–Crippen MR) is 70.4 cm³/mol. The molecule has 0 unspecified atom stereocenters. The van der Waals surface area contributed by atoms with Crippen molar-refractivity contribution in [1.29, 1.82) is 0 Å². The standard InChI is InChI=1S/C14H17N3O2/c1-2-17(8-5-12-3-6-15-7-4-12)14(18)9-13-10-19-11-16-13/h3-4,6-7,10-11H,2,5,8-9H2,1H3. The maximum absolute atomic E-state index is 12.1. The lowest BCUT2D eigenvalue weighted by molar-refractivity contribution is -0.130. The second-order valence-corrected chi connectivity index (χ2v) is 4.24. The molecule has 0 saturated carbocycles. The summed E-state index contributed by atoms with van der Waals surface area (Å²) in [5, 5.41) is 0. The van der Waals surface area contributed by atoms with E-state index < -0.39 is 0 Å². The second-order valence-electron chi connectivity index (χ2n) is 4.24. The van der Waals surface area contributed by atoms with Crippen molar-refractivity contribution in [2.75, 3.05) is 13.1 Å². The second kappa shape index (κ2) is 6.68. The monoisotopic (exact) mass is 259 g/mol. The van der Waals surface area contributed by atoms with Crippen LogP contribution < -0.4 is 0 Å². The molecule has 5 nitrogen and oxygen atoms in total. The fraction of sp³-hybridized carbons (Fsp3) is 0.357. The van der Waals surface area contributed by atoms with Crippen LogP contribution in [0.1, 0.15) is 18.2 Å². The quantitative estimate of drug-likeness (QED) is 0.792. The highest BCUT2D eigenvalue weighted by Crippen LogP contribution is 2.04. The third kappa shape index (κ3) is 3.91. The summed E-state index contributed by atoms with van der Waals surface area (Å²) in [6.07, 6.45) is 7.51. The summed E-state index contributed by atoms with van der Waals surface area (Å²) >= 11 is 0. The Labute approximate surface area is 112 Å². The summed E-state index contributed by atoms with van der Waals surface area (Å²) in [6, 6.07) is 3.94. The summed E-state index contributed by atoms with van der Waals surface area (Å²) in [5.74, 6) is 0.0745. The summed E-state index contributed by atoms with van der Waals surface area (Å²) < 4.78 is 4.87. The minimum absolute atomic E-state index is 0.0745. The molecule has 2 aromatic rings. The number of aromatic nitrogens is 2. The van der Waals surface area contributed by atoms with Gasteiger partial charge in [0.1, 0.15) is 6.26 Å². The zero-order valence-corrected chi connectivity index (χ0v) is 11.0. The number of amides is 1. The third-order valence-electron chi connectivity index (χ3n) is 2.97. The Hall–Kier alpha value is -2.17. The number of rotatable bonds is 6. The maximum Gasteiger partial charge on any atom is 0.228 e. The van der Waals surface area contributed by atoms with Crippen LogP contribution in [-0.4, -0.2) is 33.9 Å². The molecule has 0 aliphatic carbocycles. The molecule has 0 atom stereocenters. The van der Waals surface area contributed by atoms with Gasteiger partial charge >= 0.3 is 0 Å². The number of hydrogen-bond acceptors (Lipinski definition) is 4. The van der Waals surface area contributed by atoms with Crippen LogP contribution in [0.5, 0.6) is 0 Å². The number of hydrogen-bond donors (Lipinski definition) is 0. The molecule has 0 fully saturated rings. The largest absolute Gasteiger partial charge is 0.451 e. The normalized spacial score (nSPS) is 10.4. The lowest BCUT2D eigenvalue weighted by Crippen LogP contribution is -2.34. The van der Waals surface area contributed by atoms with Crippen molar-refractivity contribution in [3.8, 4) is 0 Å². The van der Waals surface area contributed by atoms with Crippen molar-refractivity contribution < 1.29 is 9.21 Å². The van der Waals surface area contributed by atoms with Crippen LogP contribution >= 0.6 is 0 Å². The van der Waals surface area contributed by atoms with E-state index in [1.54, 1.807) is 12.4 Å². The Bertz CT molecular complexity index is 497. The van der Waals surface area contributed by atoms with Gasteiger partial charge in [-0.05, 0) is 31.0 Å². The van der Waals surface area contributed by atoms with Gasteiger partial charge in [0.25, 0.3) is 0 Å². The molecule has 0 radical (unpaired) electrons. The number of pyridine rings is 1. The van der Waals surface area contributed by atoms with E-state index >= 15 is 0 Å². The molecule has 0 aliphatic rings. The van der Waals surface area contributed by atoms with E-state index in [2.05, 4.69) is 9.97 Å². The number of nitrogens with zero attached hydrogens (tertiary/aromatic N) is 3. The number of oxazole rings is 1. The molecule has 0 N–H and O–H groups in total. The van der Waals surface area contributed by atoms with Crippen molar-refractivity contribution >= 4 is 5.91 Å². The van der Waals surface area contributed by atoms with Crippen molar-refractivity contribution in [2.45, 2.75) is 19.8 Å². The smallest absolute Gasteiger partial charge is 0.228 e. The highest BCUT2D eigenvalue weighted by molar-refractivity contribution is 5.78. The molecular weight excluding hydrogens is 242 g/mol. The first-order valence-electron chi connectivity index (χ1n) is 6.33. The Balaban J connectivity index is 1.87. The lowest BCUT2D eigenvalue weighted by atomic mass is 10.2. The first-order valence-corrected chi connectivity index (χ1v) is 6.33. The average molecular weight is 259 g/mol. The van der Waals surface area contributed by atoms with Crippen LogP contribution in [-0.2, 0) is 17.6 Å². The number of carbonyl (C=O) groups excluding carboxylic acids is 1. The molecular formula is C14H17N3O2. The zero-order valence-electron chi connectivity index (χ0n) is 11.0. The molecule has 100 valence electrons. The maximum atomic E-state index is 12.1. The highest BCUT2D eigenvalue weighted by Gasteiger charge is 2.13. The van der Waals surface area contributed by atoms with Gasteiger partial charge in [0.05, 0.1) is 12.1 Å². The van der Waals surface area contributed by atoms with Crippen LogP contribution in [0.25, 0.3) is 0 Å². The van der Waals surface area contributed by atoms with Crippen LogP contribution in [0.15, 0.2) is 41.6 Å². The van der Waals surface area contributed by atoms with Gasteiger partial charge in [0.15, 0.2) is 6.39 Å². The molecule has 0 spiro atoms. The van der Waals surface area contributed by atoms with Crippen LogP contribution in [0.3, 0.4) is 0 Å². The Kier molecular flexibility index (Phi) is 4.66. The van der Waals surface area contributed by atoms with Crippen molar-refractivity contribution in [3.05, 3.63) is 48.4 Å². The van der Waals surface area contributed by atoms with Crippen LogP contribution in [0.4, 0.5) is 0 Å². The fourth-order valence-electron chi connectivity index (χ4n) is 1.86. The molecule has 0 bridgehead atoms. The van der Waals surface area contributed by atoms with Crippen molar-refractivity contribution in [1.82, 2.24) is 14.9 Å². The van der Waals surface area contributed by atoms with Gasteiger partial charge in [-0.1, -0.05) is 0 Å². The molecule has 0 saturated heterocycles. The van der Waals surface area contributed by atoms with Gasteiger partial charge in [0, 0.05) is 25.5 Å². The third-order valence-corrected chi connectivity index (χ3v) is 2.97. The highest BCUT2D eigenvalue weighted by atomic mass is 16.3. The van der Waals surface area contributed by atoms with E-state index in [1.807, 2.05) is 24.0 Å².